The lowest BCUT2D eigenvalue weighted by molar-refractivity contribution is 0.194. The summed E-state index contributed by atoms with van der Waals surface area (Å²) in [6.07, 6.45) is 1.29. The molecule has 0 amide bonds. The SMILES string of the molecule is COCCSc1ccc([C@H](C)O)nc1. The fraction of sp³-hybridized carbons (Fsp3) is 0.500. The predicted molar refractivity (Wildman–Crippen MR) is 57.5 cm³/mol. The van der Waals surface area contributed by atoms with E-state index in [1.165, 1.54) is 0 Å². The molecule has 1 atom stereocenters. The van der Waals surface area contributed by atoms with E-state index in [2.05, 4.69) is 4.98 Å². The van der Waals surface area contributed by atoms with Gasteiger partial charge in [0.25, 0.3) is 0 Å². The van der Waals surface area contributed by atoms with Gasteiger partial charge in [-0.2, -0.15) is 0 Å². The molecule has 78 valence electrons. The zero-order valence-corrected chi connectivity index (χ0v) is 9.25. The minimum Gasteiger partial charge on any atom is -0.387 e. The van der Waals surface area contributed by atoms with Crippen molar-refractivity contribution in [3.05, 3.63) is 24.0 Å². The maximum atomic E-state index is 9.24. The van der Waals surface area contributed by atoms with Crippen LogP contribution < -0.4 is 0 Å². The second-order valence-electron chi connectivity index (χ2n) is 2.94. The van der Waals surface area contributed by atoms with Crippen molar-refractivity contribution in [1.82, 2.24) is 4.98 Å². The molecule has 0 aliphatic rings. The summed E-state index contributed by atoms with van der Waals surface area (Å²) in [4.78, 5) is 5.25. The summed E-state index contributed by atoms with van der Waals surface area (Å²) in [5.41, 5.74) is 0.709. The van der Waals surface area contributed by atoms with E-state index in [1.807, 2.05) is 12.1 Å². The molecule has 1 aromatic rings. The lowest BCUT2D eigenvalue weighted by Gasteiger charge is -2.04. The van der Waals surface area contributed by atoms with E-state index >= 15 is 0 Å². The van der Waals surface area contributed by atoms with Gasteiger partial charge >= 0.3 is 0 Å². The van der Waals surface area contributed by atoms with Gasteiger partial charge in [-0.25, -0.2) is 0 Å². The third-order valence-electron chi connectivity index (χ3n) is 1.74. The van der Waals surface area contributed by atoms with Crippen molar-refractivity contribution >= 4 is 11.8 Å². The molecule has 1 heterocycles. The molecule has 14 heavy (non-hydrogen) atoms. The fourth-order valence-corrected chi connectivity index (χ4v) is 1.74. The van der Waals surface area contributed by atoms with Gasteiger partial charge in [0.1, 0.15) is 0 Å². The number of aliphatic hydroxyl groups is 1. The van der Waals surface area contributed by atoms with Crippen LogP contribution in [-0.2, 0) is 4.74 Å². The van der Waals surface area contributed by atoms with Crippen LogP contribution in [0.3, 0.4) is 0 Å². The van der Waals surface area contributed by atoms with Crippen LogP contribution in [0, 0.1) is 0 Å². The number of ether oxygens (including phenoxy) is 1. The van der Waals surface area contributed by atoms with E-state index in [1.54, 1.807) is 32.0 Å². The molecule has 4 heteroatoms. The first-order valence-corrected chi connectivity index (χ1v) is 5.48. The molecule has 0 bridgehead atoms. The summed E-state index contributed by atoms with van der Waals surface area (Å²) in [5.74, 6) is 0.923. The molecule has 0 aliphatic carbocycles. The van der Waals surface area contributed by atoms with Crippen LogP contribution in [0.4, 0.5) is 0 Å². The first-order valence-electron chi connectivity index (χ1n) is 4.50. The number of nitrogens with zero attached hydrogens (tertiary/aromatic N) is 1. The number of pyridine rings is 1. The lowest BCUT2D eigenvalue weighted by atomic mass is 10.2. The highest BCUT2D eigenvalue weighted by Gasteiger charge is 2.01. The van der Waals surface area contributed by atoms with Gasteiger partial charge in [0.15, 0.2) is 0 Å². The third kappa shape index (κ3) is 3.65. The summed E-state index contributed by atoms with van der Waals surface area (Å²) in [6.45, 7) is 2.45. The average Bonchev–Trinajstić information content (AvgIpc) is 2.19. The minimum atomic E-state index is -0.493. The summed E-state index contributed by atoms with van der Waals surface area (Å²) < 4.78 is 4.94. The number of rotatable bonds is 5. The van der Waals surface area contributed by atoms with Crippen molar-refractivity contribution in [2.75, 3.05) is 19.5 Å². The number of methoxy groups -OCH3 is 1. The number of hydrogen-bond donors (Lipinski definition) is 1. The fourth-order valence-electron chi connectivity index (χ4n) is 0.967. The summed E-state index contributed by atoms with van der Waals surface area (Å²) in [7, 11) is 1.69. The second-order valence-corrected chi connectivity index (χ2v) is 4.10. The molecule has 3 nitrogen and oxygen atoms in total. The van der Waals surface area contributed by atoms with Crippen LogP contribution in [0.25, 0.3) is 0 Å². The Hall–Kier alpha value is -0.580. The van der Waals surface area contributed by atoms with Crippen LogP contribution in [-0.4, -0.2) is 29.6 Å². The molecular weight excluding hydrogens is 198 g/mol. The van der Waals surface area contributed by atoms with Gasteiger partial charge in [-0.15, -0.1) is 11.8 Å². The summed E-state index contributed by atoms with van der Waals surface area (Å²) >= 11 is 1.70. The van der Waals surface area contributed by atoms with Crippen LogP contribution >= 0.6 is 11.8 Å². The van der Waals surface area contributed by atoms with Crippen molar-refractivity contribution in [3.8, 4) is 0 Å². The molecule has 0 fully saturated rings. The van der Waals surface area contributed by atoms with E-state index in [-0.39, 0.29) is 0 Å². The molecule has 1 N–H and O–H groups in total. The molecule has 0 unspecified atom stereocenters. The van der Waals surface area contributed by atoms with Crippen molar-refractivity contribution in [2.45, 2.75) is 17.9 Å². The first kappa shape index (κ1) is 11.5. The average molecular weight is 213 g/mol. The molecule has 0 saturated carbocycles. The molecular formula is C10H15NO2S. The Balaban J connectivity index is 2.47. The van der Waals surface area contributed by atoms with Gasteiger partial charge in [-0.05, 0) is 19.1 Å². The Morgan fingerprint density at radius 3 is 2.86 bits per heavy atom. The molecule has 1 aromatic heterocycles. The molecule has 0 radical (unpaired) electrons. The quantitative estimate of drug-likeness (QED) is 0.599. The molecule has 0 saturated heterocycles. The van der Waals surface area contributed by atoms with Crippen LogP contribution in [0.1, 0.15) is 18.7 Å². The van der Waals surface area contributed by atoms with E-state index < -0.39 is 6.10 Å². The Morgan fingerprint density at radius 2 is 2.36 bits per heavy atom. The topological polar surface area (TPSA) is 42.4 Å². The Morgan fingerprint density at radius 1 is 1.57 bits per heavy atom. The Labute approximate surface area is 88.5 Å². The van der Waals surface area contributed by atoms with Gasteiger partial charge in [0, 0.05) is 24.0 Å². The molecule has 0 aromatic carbocycles. The predicted octanol–water partition coefficient (Wildman–Crippen LogP) is 1.87. The van der Waals surface area contributed by atoms with Crippen molar-refractivity contribution in [1.29, 1.82) is 0 Å². The summed E-state index contributed by atoms with van der Waals surface area (Å²) in [6, 6.07) is 3.81. The number of hydrogen-bond acceptors (Lipinski definition) is 4. The van der Waals surface area contributed by atoms with Crippen LogP contribution in [0.2, 0.25) is 0 Å². The minimum absolute atomic E-state index is 0.493. The maximum absolute atomic E-state index is 9.24. The Bertz CT molecular complexity index is 261. The van der Waals surface area contributed by atoms with E-state index in [9.17, 15) is 5.11 Å². The van der Waals surface area contributed by atoms with Crippen LogP contribution in [0.15, 0.2) is 23.2 Å². The third-order valence-corrected chi connectivity index (χ3v) is 2.69. The van der Waals surface area contributed by atoms with Gasteiger partial charge < -0.3 is 9.84 Å². The number of aromatic nitrogens is 1. The summed E-state index contributed by atoms with van der Waals surface area (Å²) in [5, 5.41) is 9.24. The highest BCUT2D eigenvalue weighted by atomic mass is 32.2. The normalized spacial score (nSPS) is 12.8. The molecule has 0 spiro atoms. The van der Waals surface area contributed by atoms with E-state index in [0.717, 1.165) is 17.3 Å². The maximum Gasteiger partial charge on any atom is 0.0931 e. The van der Waals surface area contributed by atoms with E-state index in [0.29, 0.717) is 5.69 Å². The van der Waals surface area contributed by atoms with Crippen molar-refractivity contribution in [3.63, 3.8) is 0 Å². The van der Waals surface area contributed by atoms with Gasteiger partial charge in [0.2, 0.25) is 0 Å². The zero-order chi connectivity index (χ0) is 10.4. The van der Waals surface area contributed by atoms with E-state index in [4.69, 9.17) is 4.74 Å². The van der Waals surface area contributed by atoms with Gasteiger partial charge in [-0.3, -0.25) is 4.98 Å². The van der Waals surface area contributed by atoms with Crippen molar-refractivity contribution < 1.29 is 9.84 Å². The zero-order valence-electron chi connectivity index (χ0n) is 8.43. The Kier molecular flexibility index (Phi) is 4.93. The van der Waals surface area contributed by atoms with Gasteiger partial charge in [0.05, 0.1) is 18.4 Å². The standard InChI is InChI=1S/C10H15NO2S/c1-8(12)10-4-3-9(7-11-10)14-6-5-13-2/h3-4,7-8,12H,5-6H2,1-2H3/t8-/m0/s1. The first-order chi connectivity index (χ1) is 6.74. The number of aliphatic hydroxyl groups excluding tert-OH is 1. The van der Waals surface area contributed by atoms with Crippen LogP contribution in [0.5, 0.6) is 0 Å². The molecule has 1 rings (SSSR count). The van der Waals surface area contributed by atoms with Gasteiger partial charge in [-0.1, -0.05) is 0 Å². The van der Waals surface area contributed by atoms with Crippen molar-refractivity contribution in [2.24, 2.45) is 0 Å². The highest BCUT2D eigenvalue weighted by molar-refractivity contribution is 7.99. The number of thioether (sulfide) groups is 1. The smallest absolute Gasteiger partial charge is 0.0931 e. The second kappa shape index (κ2) is 6.01. The lowest BCUT2D eigenvalue weighted by Crippen LogP contribution is -1.95. The monoisotopic (exact) mass is 213 g/mol. The largest absolute Gasteiger partial charge is 0.387 e. The highest BCUT2D eigenvalue weighted by Crippen LogP contribution is 2.18. The molecule has 0 aliphatic heterocycles.